The number of carbonyl (C=O) groups excluding carboxylic acids is 1. The van der Waals surface area contributed by atoms with Gasteiger partial charge in [-0.3, -0.25) is 9.78 Å². The minimum atomic E-state index is -1.23. The lowest BCUT2D eigenvalue weighted by Gasteiger charge is -2.24. The topological polar surface area (TPSA) is 75.2 Å². The Hall–Kier alpha value is -3.75. The molecule has 0 saturated carbocycles. The maximum absolute atomic E-state index is 14.1. The first-order valence-corrected chi connectivity index (χ1v) is 13.5. The van der Waals surface area contributed by atoms with Crippen molar-refractivity contribution in [3.8, 4) is 22.4 Å². The van der Waals surface area contributed by atoms with Gasteiger partial charge in [0.15, 0.2) is 0 Å². The highest BCUT2D eigenvalue weighted by molar-refractivity contribution is 7.84. The van der Waals surface area contributed by atoms with Gasteiger partial charge in [0.25, 0.3) is 5.91 Å². The van der Waals surface area contributed by atoms with Crippen molar-refractivity contribution in [2.24, 2.45) is 0 Å². The number of fused-ring (bicyclic) bond motifs is 1. The smallest absolute Gasteiger partial charge is 0.270 e. The summed E-state index contributed by atoms with van der Waals surface area (Å²) in [7, 11) is -1.23. The Kier molecular flexibility index (Phi) is 7.19. The molecule has 0 unspecified atom stereocenters. The summed E-state index contributed by atoms with van der Waals surface area (Å²) in [4.78, 5) is 22.2. The summed E-state index contributed by atoms with van der Waals surface area (Å²) in [5.41, 5.74) is 6.00. The number of amides is 1. The number of aromatic nitrogens is 2. The minimum absolute atomic E-state index is 0.0518. The minimum Gasteiger partial charge on any atom is -0.347 e. The fourth-order valence-corrected chi connectivity index (χ4v) is 5.79. The number of pyridine rings is 2. The molecule has 0 fully saturated rings. The third-order valence-corrected chi connectivity index (χ3v) is 8.19. The summed E-state index contributed by atoms with van der Waals surface area (Å²) in [6.07, 6.45) is 3.53. The lowest BCUT2D eigenvalue weighted by molar-refractivity contribution is 0.0945. The average Bonchev–Trinajstić information content (AvgIpc) is 3.35. The highest BCUT2D eigenvalue weighted by Gasteiger charge is 2.33. The van der Waals surface area contributed by atoms with Crippen molar-refractivity contribution in [2.45, 2.75) is 45.2 Å². The Morgan fingerprint density at radius 1 is 1.00 bits per heavy atom. The Morgan fingerprint density at radius 2 is 1.76 bits per heavy atom. The molecule has 6 nitrogen and oxygen atoms in total. The molecule has 0 saturated heterocycles. The molecule has 5 rings (SSSR count). The zero-order valence-electron chi connectivity index (χ0n) is 21.6. The second-order valence-electron chi connectivity index (χ2n) is 10.2. The van der Waals surface area contributed by atoms with Gasteiger partial charge in [0.05, 0.1) is 10.4 Å². The number of hydrogen-bond donors (Lipinski definition) is 1. The number of benzene rings is 2. The fourth-order valence-electron chi connectivity index (χ4n) is 4.51. The van der Waals surface area contributed by atoms with E-state index in [1.807, 2.05) is 61.5 Å². The van der Waals surface area contributed by atoms with E-state index >= 15 is 0 Å². The first-order valence-electron chi connectivity index (χ1n) is 12.4. The molecule has 4 aromatic rings. The van der Waals surface area contributed by atoms with Gasteiger partial charge in [0.2, 0.25) is 0 Å². The van der Waals surface area contributed by atoms with Gasteiger partial charge in [-0.25, -0.2) is 17.9 Å². The van der Waals surface area contributed by atoms with E-state index in [1.54, 1.807) is 36.7 Å². The molecule has 194 valence electrons. The molecule has 0 radical (unpaired) electrons. The largest absolute Gasteiger partial charge is 0.347 e. The average molecular weight is 529 g/mol. The zero-order valence-corrected chi connectivity index (χ0v) is 22.4. The lowest BCUT2D eigenvalue weighted by atomic mass is 9.98. The molecular formula is C30H29FN4O2S. The summed E-state index contributed by atoms with van der Waals surface area (Å²) >= 11 is 0. The van der Waals surface area contributed by atoms with Crippen LogP contribution in [-0.4, -0.2) is 29.1 Å². The van der Waals surface area contributed by atoms with Crippen LogP contribution in [0, 0.1) is 5.82 Å². The van der Waals surface area contributed by atoms with Gasteiger partial charge in [0.1, 0.15) is 22.5 Å². The third kappa shape index (κ3) is 5.42. The Labute approximate surface area is 224 Å². The molecule has 3 heterocycles. The van der Waals surface area contributed by atoms with Crippen molar-refractivity contribution < 1.29 is 13.4 Å². The molecule has 2 aromatic carbocycles. The third-order valence-electron chi connectivity index (χ3n) is 6.42. The van der Waals surface area contributed by atoms with Crippen LogP contribution in [0.1, 0.15) is 48.0 Å². The van der Waals surface area contributed by atoms with Gasteiger partial charge in [0, 0.05) is 48.7 Å². The van der Waals surface area contributed by atoms with Gasteiger partial charge >= 0.3 is 0 Å². The number of nitrogens with zero attached hydrogens (tertiary/aromatic N) is 3. The van der Waals surface area contributed by atoms with Crippen molar-refractivity contribution in [1.29, 1.82) is 0 Å². The summed E-state index contributed by atoms with van der Waals surface area (Å²) in [5.74, 6) is -0.765. The normalized spacial score (nSPS) is 14.2. The summed E-state index contributed by atoms with van der Waals surface area (Å²) in [6.45, 7) is 6.81. The van der Waals surface area contributed by atoms with Gasteiger partial charge in [-0.15, -0.1) is 0 Å². The quantitative estimate of drug-likeness (QED) is 0.351. The van der Waals surface area contributed by atoms with Crippen LogP contribution in [0.2, 0.25) is 0 Å². The summed E-state index contributed by atoms with van der Waals surface area (Å²) < 4.78 is 28.8. The summed E-state index contributed by atoms with van der Waals surface area (Å²) in [6, 6.07) is 20.0. The standard InChI is InChI=1S/C30H29FN4O2S/c1-30(2,3)38(37)35-18-24-15-27(29(36)33-17-23-8-4-5-12-26(23)31)34-28(25(24)19-35)21-10-6-9-20(14-21)22-11-7-13-32-16-22/h4-16H,17-19H2,1-3H3,(H,33,36)/t38-/m1/s1. The van der Waals surface area contributed by atoms with Crippen molar-refractivity contribution >= 4 is 16.9 Å². The van der Waals surface area contributed by atoms with Crippen LogP contribution in [0.3, 0.4) is 0 Å². The van der Waals surface area contributed by atoms with Crippen LogP contribution in [0.15, 0.2) is 79.1 Å². The van der Waals surface area contributed by atoms with E-state index in [9.17, 15) is 13.4 Å². The zero-order chi connectivity index (χ0) is 26.9. The van der Waals surface area contributed by atoms with Crippen LogP contribution < -0.4 is 5.32 Å². The molecular weight excluding hydrogens is 499 g/mol. The van der Waals surface area contributed by atoms with E-state index < -0.39 is 21.6 Å². The number of carbonyl (C=O) groups is 1. The second-order valence-corrected chi connectivity index (χ2v) is 12.5. The predicted molar refractivity (Wildman–Crippen MR) is 148 cm³/mol. The predicted octanol–water partition coefficient (Wildman–Crippen LogP) is 5.66. The highest BCUT2D eigenvalue weighted by Crippen LogP contribution is 2.36. The summed E-state index contributed by atoms with van der Waals surface area (Å²) in [5, 5.41) is 2.80. The van der Waals surface area contributed by atoms with Crippen LogP contribution >= 0.6 is 0 Å². The van der Waals surface area contributed by atoms with E-state index in [0.29, 0.717) is 24.3 Å². The molecule has 1 amide bonds. The fraction of sp³-hybridized carbons (Fsp3) is 0.233. The molecule has 0 aliphatic carbocycles. The molecule has 8 heteroatoms. The van der Waals surface area contributed by atoms with Crippen molar-refractivity contribution in [3.05, 3.63) is 107 Å². The molecule has 1 atom stereocenters. The molecule has 0 spiro atoms. The van der Waals surface area contributed by atoms with E-state index in [-0.39, 0.29) is 18.1 Å². The molecule has 1 aliphatic heterocycles. The molecule has 1 aliphatic rings. The highest BCUT2D eigenvalue weighted by atomic mass is 32.2. The molecule has 38 heavy (non-hydrogen) atoms. The molecule has 2 aromatic heterocycles. The first kappa shape index (κ1) is 25.9. The van der Waals surface area contributed by atoms with E-state index in [4.69, 9.17) is 4.98 Å². The lowest BCUT2D eigenvalue weighted by Crippen LogP contribution is -2.34. The number of halogens is 1. The van der Waals surface area contributed by atoms with E-state index in [2.05, 4.69) is 10.3 Å². The Balaban J connectivity index is 1.53. The number of nitrogens with one attached hydrogen (secondary N) is 1. The number of rotatable bonds is 6. The number of hydrogen-bond acceptors (Lipinski definition) is 4. The Morgan fingerprint density at radius 3 is 2.50 bits per heavy atom. The van der Waals surface area contributed by atoms with E-state index in [1.165, 1.54) is 6.07 Å². The van der Waals surface area contributed by atoms with Crippen molar-refractivity contribution in [1.82, 2.24) is 19.6 Å². The monoisotopic (exact) mass is 528 g/mol. The second kappa shape index (κ2) is 10.6. The first-order chi connectivity index (χ1) is 18.2. The molecule has 1 N–H and O–H groups in total. The van der Waals surface area contributed by atoms with Gasteiger partial charge in [-0.2, -0.15) is 0 Å². The van der Waals surface area contributed by atoms with Crippen molar-refractivity contribution in [2.75, 3.05) is 0 Å². The van der Waals surface area contributed by atoms with Gasteiger partial charge in [-0.05, 0) is 61.7 Å². The van der Waals surface area contributed by atoms with Crippen molar-refractivity contribution in [3.63, 3.8) is 0 Å². The Bertz CT molecular complexity index is 1520. The van der Waals surface area contributed by atoms with Crippen LogP contribution in [0.4, 0.5) is 4.39 Å². The van der Waals surface area contributed by atoms with Crippen LogP contribution in [-0.2, 0) is 30.6 Å². The maximum Gasteiger partial charge on any atom is 0.270 e. The maximum atomic E-state index is 14.1. The van der Waals surface area contributed by atoms with Gasteiger partial charge < -0.3 is 5.32 Å². The van der Waals surface area contributed by atoms with E-state index in [0.717, 1.165) is 27.8 Å². The molecule has 0 bridgehead atoms. The van der Waals surface area contributed by atoms with Crippen LogP contribution in [0.5, 0.6) is 0 Å². The van der Waals surface area contributed by atoms with Crippen LogP contribution in [0.25, 0.3) is 22.4 Å². The SMILES string of the molecule is CC(C)(C)[S@@](=O)N1Cc2cc(C(=O)NCc3ccccc3F)nc(-c3cccc(-c4cccnc4)c3)c2C1. The van der Waals surface area contributed by atoms with Gasteiger partial charge in [-0.1, -0.05) is 42.5 Å².